The third-order valence-corrected chi connectivity index (χ3v) is 6.48. The Bertz CT molecular complexity index is 1270. The van der Waals surface area contributed by atoms with E-state index >= 15 is 0 Å². The molecule has 10 nitrogen and oxygen atoms in total. The molecule has 2 aliphatic rings. The largest absolute Gasteiger partial charge is 0.528 e. The fraction of sp³-hybridized carbons (Fsp3) is 0.444. The highest BCUT2D eigenvalue weighted by molar-refractivity contribution is 5.69. The molecule has 37 heavy (non-hydrogen) atoms. The topological polar surface area (TPSA) is 87.5 Å². The Morgan fingerprint density at radius 2 is 1.76 bits per heavy atom. The standard InChI is InChI=1S/C27H35N7O3/c1-27(2,3)36-26(35)37-33-13-11-20(12-14-33)24-10-9-23-19-28-25(30-34(23)24)29-21-5-7-22(8-6-21)32-17-15-31(4)16-18-32/h5-11,19H,12-18H2,1-4H3,(H,29,30). The van der Waals surface area contributed by atoms with Crippen molar-refractivity contribution in [2.45, 2.75) is 32.8 Å². The molecule has 2 aliphatic heterocycles. The van der Waals surface area contributed by atoms with E-state index in [1.807, 2.05) is 37.5 Å². The maximum Gasteiger partial charge on any atom is 0.528 e. The average Bonchev–Trinajstić information content (AvgIpc) is 3.28. The lowest BCUT2D eigenvalue weighted by molar-refractivity contribution is -0.137. The Labute approximate surface area is 217 Å². The van der Waals surface area contributed by atoms with E-state index in [9.17, 15) is 4.79 Å². The number of anilines is 3. The second-order valence-corrected chi connectivity index (χ2v) is 10.5. The number of hydroxylamine groups is 2. The number of nitrogens with zero attached hydrogens (tertiary/aromatic N) is 6. The predicted molar refractivity (Wildman–Crippen MR) is 144 cm³/mol. The maximum atomic E-state index is 12.0. The van der Waals surface area contributed by atoms with Crippen molar-refractivity contribution < 1.29 is 14.4 Å². The fourth-order valence-corrected chi connectivity index (χ4v) is 4.49. The molecule has 0 spiro atoms. The van der Waals surface area contributed by atoms with Gasteiger partial charge in [0.2, 0.25) is 5.95 Å². The highest BCUT2D eigenvalue weighted by Crippen LogP contribution is 2.26. The van der Waals surface area contributed by atoms with Gasteiger partial charge in [0.1, 0.15) is 5.60 Å². The molecule has 1 aromatic carbocycles. The smallest absolute Gasteiger partial charge is 0.427 e. The van der Waals surface area contributed by atoms with Crippen molar-refractivity contribution in [2.75, 3.05) is 56.5 Å². The molecule has 0 unspecified atom stereocenters. The first kappa shape index (κ1) is 25.0. The lowest BCUT2D eigenvalue weighted by atomic mass is 10.1. The van der Waals surface area contributed by atoms with Crippen LogP contribution in [0.4, 0.5) is 22.1 Å². The van der Waals surface area contributed by atoms with Gasteiger partial charge in [-0.15, -0.1) is 10.2 Å². The van der Waals surface area contributed by atoms with E-state index in [-0.39, 0.29) is 0 Å². The first-order valence-electron chi connectivity index (χ1n) is 12.7. The summed E-state index contributed by atoms with van der Waals surface area (Å²) in [6, 6.07) is 12.5. The predicted octanol–water partition coefficient (Wildman–Crippen LogP) is 4.18. The van der Waals surface area contributed by atoms with E-state index in [1.54, 1.807) is 5.06 Å². The number of benzene rings is 1. The van der Waals surface area contributed by atoms with E-state index in [4.69, 9.17) is 14.7 Å². The van der Waals surface area contributed by atoms with Crippen molar-refractivity contribution in [1.82, 2.24) is 24.6 Å². The van der Waals surface area contributed by atoms with E-state index in [0.717, 1.165) is 55.1 Å². The van der Waals surface area contributed by atoms with Crippen LogP contribution in [-0.4, -0.2) is 82.6 Å². The molecule has 1 fully saturated rings. The second kappa shape index (κ2) is 10.4. The van der Waals surface area contributed by atoms with Crippen molar-refractivity contribution in [2.24, 2.45) is 0 Å². The molecule has 0 aliphatic carbocycles. The van der Waals surface area contributed by atoms with Crippen LogP contribution < -0.4 is 10.2 Å². The summed E-state index contributed by atoms with van der Waals surface area (Å²) in [5.41, 5.74) is 4.65. The van der Waals surface area contributed by atoms with Crippen molar-refractivity contribution >= 4 is 34.6 Å². The number of likely N-dealkylation sites (N-methyl/N-ethyl adjacent to an activating group) is 1. The number of ether oxygens (including phenoxy) is 1. The van der Waals surface area contributed by atoms with Crippen LogP contribution in [0.25, 0.3) is 11.1 Å². The molecular formula is C27H35N7O3. The van der Waals surface area contributed by atoms with Crippen LogP contribution in [0.1, 0.15) is 32.9 Å². The molecule has 10 heteroatoms. The minimum absolute atomic E-state index is 0.484. The number of carbonyl (C=O) groups excluding carboxylic acids is 1. The highest BCUT2D eigenvalue weighted by atomic mass is 16.8. The summed E-state index contributed by atoms with van der Waals surface area (Å²) in [4.78, 5) is 26.6. The number of hydrogen-bond acceptors (Lipinski definition) is 9. The lowest BCUT2D eigenvalue weighted by Crippen LogP contribution is -2.44. The minimum Gasteiger partial charge on any atom is -0.427 e. The molecule has 0 saturated carbocycles. The van der Waals surface area contributed by atoms with E-state index in [1.165, 1.54) is 5.69 Å². The summed E-state index contributed by atoms with van der Waals surface area (Å²) in [7, 11) is 2.16. The van der Waals surface area contributed by atoms with Crippen LogP contribution in [0.2, 0.25) is 0 Å². The van der Waals surface area contributed by atoms with Gasteiger partial charge in [-0.3, -0.25) is 0 Å². The first-order chi connectivity index (χ1) is 17.7. The molecule has 1 N–H and O–H groups in total. The van der Waals surface area contributed by atoms with Crippen LogP contribution in [0.5, 0.6) is 0 Å². The van der Waals surface area contributed by atoms with Gasteiger partial charge in [-0.1, -0.05) is 6.08 Å². The monoisotopic (exact) mass is 505 g/mol. The highest BCUT2D eigenvalue weighted by Gasteiger charge is 2.23. The Kier molecular flexibility index (Phi) is 7.03. The quantitative estimate of drug-likeness (QED) is 0.513. The molecule has 3 aromatic rings. The SMILES string of the molecule is CN1CCN(c2ccc(Nc3ncc4ccc(C5=CCN(OC(=O)OC(C)(C)C)CC5)n4n3)cc2)CC1. The number of carbonyl (C=O) groups is 1. The van der Waals surface area contributed by atoms with Gasteiger partial charge >= 0.3 is 6.16 Å². The Balaban J connectivity index is 1.24. The summed E-state index contributed by atoms with van der Waals surface area (Å²) in [6.45, 7) is 10.8. The molecular weight excluding hydrogens is 470 g/mol. The minimum atomic E-state index is -0.683. The zero-order valence-electron chi connectivity index (χ0n) is 22.0. The zero-order chi connectivity index (χ0) is 26.0. The van der Waals surface area contributed by atoms with Gasteiger partial charge in [0.15, 0.2) is 0 Å². The second-order valence-electron chi connectivity index (χ2n) is 10.5. The number of nitrogens with one attached hydrogen (secondary N) is 1. The molecule has 5 rings (SSSR count). The van der Waals surface area contributed by atoms with Gasteiger partial charge in [-0.25, -0.2) is 14.3 Å². The summed E-state index contributed by atoms with van der Waals surface area (Å²) < 4.78 is 7.15. The van der Waals surface area contributed by atoms with Crippen LogP contribution in [0.15, 0.2) is 48.7 Å². The van der Waals surface area contributed by atoms with Gasteiger partial charge in [-0.2, -0.15) is 0 Å². The number of aromatic nitrogens is 3. The summed E-state index contributed by atoms with van der Waals surface area (Å²) in [5, 5.41) is 9.70. The van der Waals surface area contributed by atoms with Crippen molar-refractivity contribution in [3.63, 3.8) is 0 Å². The average molecular weight is 506 g/mol. The van der Waals surface area contributed by atoms with Gasteiger partial charge < -0.3 is 24.7 Å². The number of fused-ring (bicyclic) bond motifs is 1. The molecule has 196 valence electrons. The molecule has 0 amide bonds. The van der Waals surface area contributed by atoms with Crippen molar-refractivity contribution in [1.29, 1.82) is 0 Å². The normalized spacial score (nSPS) is 17.5. The van der Waals surface area contributed by atoms with Crippen LogP contribution in [-0.2, 0) is 9.57 Å². The van der Waals surface area contributed by atoms with Crippen LogP contribution >= 0.6 is 0 Å². The molecule has 0 bridgehead atoms. The molecule has 0 radical (unpaired) electrons. The molecule has 0 atom stereocenters. The number of hydrogen-bond donors (Lipinski definition) is 1. The number of piperazine rings is 1. The third-order valence-electron chi connectivity index (χ3n) is 6.48. The van der Waals surface area contributed by atoms with Crippen LogP contribution in [0.3, 0.4) is 0 Å². The number of rotatable bonds is 5. The summed E-state index contributed by atoms with van der Waals surface area (Å²) in [5.74, 6) is 0.531. The third kappa shape index (κ3) is 6.20. The summed E-state index contributed by atoms with van der Waals surface area (Å²) >= 11 is 0. The Morgan fingerprint density at radius 3 is 2.43 bits per heavy atom. The fourth-order valence-electron chi connectivity index (χ4n) is 4.49. The summed E-state index contributed by atoms with van der Waals surface area (Å²) in [6.07, 6.45) is 3.91. The van der Waals surface area contributed by atoms with Gasteiger partial charge in [-0.05, 0) is 76.2 Å². The van der Waals surface area contributed by atoms with Gasteiger partial charge in [0.25, 0.3) is 0 Å². The van der Waals surface area contributed by atoms with Gasteiger partial charge in [0.05, 0.1) is 24.0 Å². The van der Waals surface area contributed by atoms with Crippen molar-refractivity contribution in [3.05, 3.63) is 54.4 Å². The van der Waals surface area contributed by atoms with E-state index in [0.29, 0.717) is 19.0 Å². The zero-order valence-corrected chi connectivity index (χ0v) is 22.0. The van der Waals surface area contributed by atoms with Crippen LogP contribution in [0, 0.1) is 0 Å². The van der Waals surface area contributed by atoms with E-state index < -0.39 is 11.8 Å². The first-order valence-corrected chi connectivity index (χ1v) is 12.7. The molecule has 1 saturated heterocycles. The molecule has 4 heterocycles. The van der Waals surface area contributed by atoms with Crippen molar-refractivity contribution in [3.8, 4) is 0 Å². The van der Waals surface area contributed by atoms with Gasteiger partial charge in [0, 0.05) is 44.1 Å². The lowest BCUT2D eigenvalue weighted by Gasteiger charge is -2.34. The Hall–Kier alpha value is -3.63. The Morgan fingerprint density at radius 1 is 1.00 bits per heavy atom. The van der Waals surface area contributed by atoms with E-state index in [2.05, 4.69) is 63.6 Å². The maximum absolute atomic E-state index is 12.0. The molecule has 2 aromatic heterocycles.